The quantitative estimate of drug-likeness (QED) is 0.403. The Morgan fingerprint density at radius 3 is 2.46 bits per heavy atom. The summed E-state index contributed by atoms with van der Waals surface area (Å²) in [5.74, 6) is -0.700. The van der Waals surface area contributed by atoms with Crippen molar-refractivity contribution in [1.29, 1.82) is 0 Å². The molecule has 1 aliphatic heterocycles. The van der Waals surface area contributed by atoms with Crippen LogP contribution >= 0.6 is 15.9 Å². The lowest BCUT2D eigenvalue weighted by molar-refractivity contribution is -0.140. The number of imide groups is 1. The van der Waals surface area contributed by atoms with Gasteiger partial charge in [-0.05, 0) is 46.3 Å². The molecule has 0 unspecified atom stereocenters. The van der Waals surface area contributed by atoms with Gasteiger partial charge in [0.05, 0.1) is 25.2 Å². The van der Waals surface area contributed by atoms with Crippen LogP contribution in [-0.4, -0.2) is 42.7 Å². The molecule has 9 heteroatoms. The first kappa shape index (κ1) is 18.7. The Bertz CT molecular complexity index is 898. The van der Waals surface area contributed by atoms with Gasteiger partial charge in [-0.3, -0.25) is 14.4 Å². The molecule has 0 spiro atoms. The van der Waals surface area contributed by atoms with Gasteiger partial charge < -0.3 is 15.2 Å². The maximum Gasteiger partial charge on any atom is 0.255 e. The highest BCUT2D eigenvalue weighted by atomic mass is 79.9. The van der Waals surface area contributed by atoms with Gasteiger partial charge >= 0.3 is 0 Å². The van der Waals surface area contributed by atoms with E-state index in [0.717, 1.165) is 11.4 Å². The molecule has 1 aromatic rings. The minimum atomic E-state index is -0.608. The van der Waals surface area contributed by atoms with E-state index < -0.39 is 5.91 Å². The summed E-state index contributed by atoms with van der Waals surface area (Å²) in [6.45, 7) is -0.286. The van der Waals surface area contributed by atoms with Gasteiger partial charge in [0, 0.05) is 10.0 Å². The van der Waals surface area contributed by atoms with Crippen LogP contribution in [0.2, 0.25) is 0 Å². The minimum Gasteiger partial charge on any atom is -0.493 e. The Morgan fingerprint density at radius 1 is 1.25 bits per heavy atom. The molecule has 28 heavy (non-hydrogen) atoms. The molecule has 2 fully saturated rings. The van der Waals surface area contributed by atoms with Crippen molar-refractivity contribution in [2.24, 2.45) is 34.5 Å². The number of nitrogens with zero attached hydrogens (tertiary/aromatic N) is 2. The molecular weight excluding hydrogens is 430 g/mol. The average Bonchev–Trinajstić information content (AvgIpc) is 3.34. The predicted octanol–water partition coefficient (Wildman–Crippen LogP) is 1.46. The summed E-state index contributed by atoms with van der Waals surface area (Å²) >= 11 is 3.39. The van der Waals surface area contributed by atoms with Crippen LogP contribution in [0.15, 0.2) is 33.9 Å². The highest BCUT2D eigenvalue weighted by molar-refractivity contribution is 9.10. The number of hydrogen-bond acceptors (Lipinski definition) is 6. The zero-order valence-electron chi connectivity index (χ0n) is 15.0. The molecule has 3 aliphatic rings. The SMILES string of the molecule is COc1cc(C=NN2C(=O)[C@@H]3[C@H](C2=O)[C@H]2C=C[C@H]3C2)c(Br)cc1OCC(N)=O. The number of carbonyl (C=O) groups is 3. The molecule has 1 saturated heterocycles. The number of fused-ring (bicyclic) bond motifs is 5. The molecular formula is C19H18BrN3O5. The first-order valence-electron chi connectivity index (χ1n) is 8.79. The summed E-state index contributed by atoms with van der Waals surface area (Å²) in [7, 11) is 1.46. The van der Waals surface area contributed by atoms with Crippen molar-refractivity contribution in [2.75, 3.05) is 13.7 Å². The maximum atomic E-state index is 12.7. The van der Waals surface area contributed by atoms with Crippen LogP contribution in [-0.2, 0) is 14.4 Å². The smallest absolute Gasteiger partial charge is 0.255 e. The Hall–Kier alpha value is -2.68. The molecule has 3 amide bonds. The number of ether oxygens (including phenoxy) is 2. The van der Waals surface area contributed by atoms with Gasteiger partial charge in [0.1, 0.15) is 0 Å². The van der Waals surface area contributed by atoms with Gasteiger partial charge in [0.15, 0.2) is 18.1 Å². The minimum absolute atomic E-state index is 0.139. The summed E-state index contributed by atoms with van der Waals surface area (Å²) in [6, 6.07) is 3.23. The third-order valence-corrected chi connectivity index (χ3v) is 6.10. The second-order valence-electron chi connectivity index (χ2n) is 7.01. The fraction of sp³-hybridized carbons (Fsp3) is 0.368. The van der Waals surface area contributed by atoms with Gasteiger partial charge in [-0.15, -0.1) is 0 Å². The van der Waals surface area contributed by atoms with E-state index >= 15 is 0 Å². The van der Waals surface area contributed by atoms with Crippen molar-refractivity contribution in [2.45, 2.75) is 6.42 Å². The second-order valence-corrected chi connectivity index (χ2v) is 7.87. The van der Waals surface area contributed by atoms with E-state index in [0.29, 0.717) is 21.5 Å². The topological polar surface area (TPSA) is 111 Å². The van der Waals surface area contributed by atoms with E-state index in [4.69, 9.17) is 15.2 Å². The molecule has 4 atom stereocenters. The monoisotopic (exact) mass is 447 g/mol. The maximum absolute atomic E-state index is 12.7. The van der Waals surface area contributed by atoms with Crippen LogP contribution in [0.5, 0.6) is 11.5 Å². The number of nitrogens with two attached hydrogens (primary N) is 1. The van der Waals surface area contributed by atoms with E-state index in [2.05, 4.69) is 21.0 Å². The first-order valence-corrected chi connectivity index (χ1v) is 9.58. The van der Waals surface area contributed by atoms with Crippen LogP contribution in [0.25, 0.3) is 0 Å². The van der Waals surface area contributed by atoms with Crippen molar-refractivity contribution in [3.8, 4) is 11.5 Å². The van der Waals surface area contributed by atoms with Crippen LogP contribution < -0.4 is 15.2 Å². The molecule has 2 aliphatic carbocycles. The molecule has 1 saturated carbocycles. The zero-order valence-corrected chi connectivity index (χ0v) is 16.6. The van der Waals surface area contributed by atoms with Crippen molar-refractivity contribution in [1.82, 2.24) is 5.01 Å². The first-order chi connectivity index (χ1) is 13.4. The lowest BCUT2D eigenvalue weighted by atomic mass is 9.85. The molecule has 0 radical (unpaired) electrons. The Kier molecular flexibility index (Phi) is 4.70. The van der Waals surface area contributed by atoms with Crippen LogP contribution in [0, 0.1) is 23.7 Å². The number of primary amides is 1. The van der Waals surface area contributed by atoms with E-state index in [1.807, 2.05) is 12.2 Å². The van der Waals surface area contributed by atoms with Crippen molar-refractivity contribution < 1.29 is 23.9 Å². The Labute approximate surface area is 169 Å². The average molecular weight is 448 g/mol. The molecule has 0 aromatic heterocycles. The normalized spacial score (nSPS) is 27.7. The Balaban J connectivity index is 1.56. The van der Waals surface area contributed by atoms with E-state index in [9.17, 15) is 14.4 Å². The lowest BCUT2D eigenvalue weighted by Gasteiger charge is -2.13. The van der Waals surface area contributed by atoms with Gasteiger partial charge in [-0.2, -0.15) is 10.1 Å². The summed E-state index contributed by atoms with van der Waals surface area (Å²) in [6.07, 6.45) is 6.38. The van der Waals surface area contributed by atoms with E-state index in [1.165, 1.54) is 13.3 Å². The number of benzene rings is 1. The third-order valence-electron chi connectivity index (χ3n) is 5.41. The third kappa shape index (κ3) is 2.99. The highest BCUT2D eigenvalue weighted by Crippen LogP contribution is 2.52. The van der Waals surface area contributed by atoms with E-state index in [-0.39, 0.29) is 42.1 Å². The molecule has 2 N–H and O–H groups in total. The second kappa shape index (κ2) is 7.05. The van der Waals surface area contributed by atoms with Crippen LogP contribution in [0.1, 0.15) is 12.0 Å². The number of carbonyl (C=O) groups excluding carboxylic acids is 3. The predicted molar refractivity (Wildman–Crippen MR) is 103 cm³/mol. The number of halogens is 1. The lowest BCUT2D eigenvalue weighted by Crippen LogP contribution is -2.28. The molecule has 1 heterocycles. The van der Waals surface area contributed by atoms with Crippen molar-refractivity contribution >= 4 is 39.9 Å². The van der Waals surface area contributed by atoms with Gasteiger partial charge in [-0.25, -0.2) is 0 Å². The molecule has 4 rings (SSSR count). The number of hydrazone groups is 1. The number of allylic oxidation sites excluding steroid dienone is 2. The summed E-state index contributed by atoms with van der Waals surface area (Å²) < 4.78 is 11.2. The number of methoxy groups -OCH3 is 1. The van der Waals surface area contributed by atoms with E-state index in [1.54, 1.807) is 12.1 Å². The number of hydrogen-bond donors (Lipinski definition) is 1. The van der Waals surface area contributed by atoms with Gasteiger partial charge in [0.25, 0.3) is 17.7 Å². The summed E-state index contributed by atoms with van der Waals surface area (Å²) in [4.78, 5) is 36.3. The molecule has 8 nitrogen and oxygen atoms in total. The largest absolute Gasteiger partial charge is 0.493 e. The standard InChI is InChI=1S/C19H18BrN3O5/c1-27-13-5-11(12(20)6-14(13)28-8-15(21)24)7-22-23-18(25)16-9-2-3-10(4-9)17(16)19(23)26/h2-3,5-7,9-10,16-17H,4,8H2,1H3,(H2,21,24)/t9-,10-,16-,17+/m0/s1. The fourth-order valence-corrected chi connectivity index (χ4v) is 4.62. The van der Waals surface area contributed by atoms with Crippen LogP contribution in [0.4, 0.5) is 0 Å². The van der Waals surface area contributed by atoms with Gasteiger partial charge in [0.2, 0.25) is 0 Å². The van der Waals surface area contributed by atoms with Crippen molar-refractivity contribution in [3.63, 3.8) is 0 Å². The molecule has 2 bridgehead atoms. The Morgan fingerprint density at radius 2 is 1.89 bits per heavy atom. The van der Waals surface area contributed by atoms with Crippen molar-refractivity contribution in [3.05, 3.63) is 34.3 Å². The van der Waals surface area contributed by atoms with Crippen LogP contribution in [0.3, 0.4) is 0 Å². The summed E-state index contributed by atoms with van der Waals surface area (Å²) in [5, 5.41) is 5.14. The molecule has 1 aromatic carbocycles. The highest BCUT2D eigenvalue weighted by Gasteiger charge is 2.59. The number of rotatable bonds is 6. The fourth-order valence-electron chi connectivity index (χ4n) is 4.19. The summed E-state index contributed by atoms with van der Waals surface area (Å²) in [5.41, 5.74) is 5.68. The zero-order chi connectivity index (χ0) is 20.0. The van der Waals surface area contributed by atoms with Gasteiger partial charge in [-0.1, -0.05) is 12.2 Å². The molecule has 146 valence electrons. The number of amides is 3.